The first-order chi connectivity index (χ1) is 8.68. The number of amides is 1. The molecule has 3 N–H and O–H groups in total. The number of pyridine rings is 1. The molecule has 92 valence electrons. The highest BCUT2D eigenvalue weighted by atomic mass is 16.1. The van der Waals surface area contributed by atoms with E-state index < -0.39 is 0 Å². The van der Waals surface area contributed by atoms with Crippen LogP contribution in [0.15, 0.2) is 48.8 Å². The van der Waals surface area contributed by atoms with Gasteiger partial charge in [-0.15, -0.1) is 0 Å². The third-order valence-electron chi connectivity index (χ3n) is 2.76. The molecule has 2 rings (SSSR count). The molecule has 1 heterocycles. The Morgan fingerprint density at radius 3 is 2.56 bits per heavy atom. The van der Waals surface area contributed by atoms with E-state index in [0.717, 1.165) is 5.56 Å². The molecular weight excluding hydrogens is 226 g/mol. The van der Waals surface area contributed by atoms with Gasteiger partial charge in [0.25, 0.3) is 5.91 Å². The smallest absolute Gasteiger partial charge is 0.253 e. The van der Waals surface area contributed by atoms with Crippen LogP contribution in [0.25, 0.3) is 0 Å². The highest BCUT2D eigenvalue weighted by Crippen LogP contribution is 2.14. The van der Waals surface area contributed by atoms with Crippen molar-refractivity contribution in [3.8, 4) is 0 Å². The number of nitrogens with two attached hydrogens (primary N) is 1. The topological polar surface area (TPSA) is 68.0 Å². The normalized spacial score (nSPS) is 11.8. The molecule has 0 radical (unpaired) electrons. The third-order valence-corrected chi connectivity index (χ3v) is 2.76. The first-order valence-corrected chi connectivity index (χ1v) is 5.74. The molecular formula is C14H15N3O. The summed E-state index contributed by atoms with van der Waals surface area (Å²) >= 11 is 0. The van der Waals surface area contributed by atoms with Crippen molar-refractivity contribution < 1.29 is 4.79 Å². The summed E-state index contributed by atoms with van der Waals surface area (Å²) < 4.78 is 0. The van der Waals surface area contributed by atoms with Gasteiger partial charge in [0, 0.05) is 18.1 Å². The number of nitrogens with zero attached hydrogens (tertiary/aromatic N) is 1. The number of rotatable bonds is 3. The molecule has 2 aromatic rings. The van der Waals surface area contributed by atoms with Crippen LogP contribution in [-0.4, -0.2) is 10.9 Å². The second kappa shape index (κ2) is 5.31. The molecule has 4 heteroatoms. The number of hydrogen-bond acceptors (Lipinski definition) is 3. The van der Waals surface area contributed by atoms with Crippen molar-refractivity contribution >= 4 is 11.6 Å². The van der Waals surface area contributed by atoms with Gasteiger partial charge in [-0.1, -0.05) is 12.1 Å². The minimum Gasteiger partial charge on any atom is -0.398 e. The predicted molar refractivity (Wildman–Crippen MR) is 71.0 cm³/mol. The maximum Gasteiger partial charge on any atom is 0.253 e. The fourth-order valence-corrected chi connectivity index (χ4v) is 1.71. The van der Waals surface area contributed by atoms with E-state index in [9.17, 15) is 4.79 Å². The average molecular weight is 241 g/mol. The molecule has 0 aliphatic heterocycles. The SMILES string of the molecule is CC(NC(=O)c1ccccc1N)c1ccncc1. The molecule has 0 bridgehead atoms. The van der Waals surface area contributed by atoms with Gasteiger partial charge >= 0.3 is 0 Å². The first-order valence-electron chi connectivity index (χ1n) is 5.74. The lowest BCUT2D eigenvalue weighted by Gasteiger charge is -2.14. The van der Waals surface area contributed by atoms with Gasteiger partial charge in [0.2, 0.25) is 0 Å². The largest absolute Gasteiger partial charge is 0.398 e. The van der Waals surface area contributed by atoms with Crippen LogP contribution in [0.1, 0.15) is 28.9 Å². The highest BCUT2D eigenvalue weighted by Gasteiger charge is 2.12. The van der Waals surface area contributed by atoms with Gasteiger partial charge in [-0.3, -0.25) is 9.78 Å². The molecule has 1 amide bonds. The van der Waals surface area contributed by atoms with Crippen LogP contribution in [0.3, 0.4) is 0 Å². The zero-order valence-corrected chi connectivity index (χ0v) is 10.1. The summed E-state index contributed by atoms with van der Waals surface area (Å²) in [6.45, 7) is 1.92. The lowest BCUT2D eigenvalue weighted by Crippen LogP contribution is -2.27. The van der Waals surface area contributed by atoms with Crippen LogP contribution >= 0.6 is 0 Å². The van der Waals surface area contributed by atoms with Gasteiger partial charge < -0.3 is 11.1 Å². The molecule has 18 heavy (non-hydrogen) atoms. The Morgan fingerprint density at radius 1 is 1.22 bits per heavy atom. The van der Waals surface area contributed by atoms with Crippen LogP contribution in [0.5, 0.6) is 0 Å². The number of hydrogen-bond donors (Lipinski definition) is 2. The van der Waals surface area contributed by atoms with Crippen molar-refractivity contribution in [2.75, 3.05) is 5.73 Å². The van der Waals surface area contributed by atoms with E-state index in [1.165, 1.54) is 0 Å². The summed E-state index contributed by atoms with van der Waals surface area (Å²) in [6.07, 6.45) is 3.41. The van der Waals surface area contributed by atoms with E-state index in [1.54, 1.807) is 36.7 Å². The van der Waals surface area contributed by atoms with Crippen LogP contribution in [0, 0.1) is 0 Å². The number of nitrogen functional groups attached to an aromatic ring is 1. The molecule has 0 aliphatic carbocycles. The number of nitrogens with one attached hydrogen (secondary N) is 1. The van der Waals surface area contributed by atoms with Gasteiger partial charge in [-0.25, -0.2) is 0 Å². The van der Waals surface area contributed by atoms with Crippen molar-refractivity contribution in [2.45, 2.75) is 13.0 Å². The Hall–Kier alpha value is -2.36. The van der Waals surface area contributed by atoms with Gasteiger partial charge in [0.1, 0.15) is 0 Å². The lowest BCUT2D eigenvalue weighted by atomic mass is 10.1. The Bertz CT molecular complexity index is 540. The van der Waals surface area contributed by atoms with Crippen LogP contribution in [0.2, 0.25) is 0 Å². The van der Waals surface area contributed by atoms with E-state index in [-0.39, 0.29) is 11.9 Å². The van der Waals surface area contributed by atoms with Gasteiger partial charge in [-0.05, 0) is 36.8 Å². The van der Waals surface area contributed by atoms with E-state index >= 15 is 0 Å². The molecule has 0 saturated carbocycles. The Morgan fingerprint density at radius 2 is 1.89 bits per heavy atom. The van der Waals surface area contributed by atoms with E-state index in [0.29, 0.717) is 11.3 Å². The zero-order chi connectivity index (χ0) is 13.0. The Balaban J connectivity index is 2.11. The summed E-state index contributed by atoms with van der Waals surface area (Å²) in [5.41, 5.74) is 7.75. The van der Waals surface area contributed by atoms with E-state index in [4.69, 9.17) is 5.73 Å². The van der Waals surface area contributed by atoms with E-state index in [2.05, 4.69) is 10.3 Å². The average Bonchev–Trinajstić information content (AvgIpc) is 2.40. The number of para-hydroxylation sites is 1. The van der Waals surface area contributed by atoms with Crippen molar-refractivity contribution in [3.05, 3.63) is 59.9 Å². The van der Waals surface area contributed by atoms with E-state index in [1.807, 2.05) is 19.1 Å². The second-order valence-electron chi connectivity index (χ2n) is 4.06. The molecule has 4 nitrogen and oxygen atoms in total. The summed E-state index contributed by atoms with van der Waals surface area (Å²) in [5.74, 6) is -0.169. The van der Waals surface area contributed by atoms with Crippen molar-refractivity contribution in [2.24, 2.45) is 0 Å². The first kappa shape index (κ1) is 12.1. The summed E-state index contributed by atoms with van der Waals surface area (Å²) in [4.78, 5) is 16.0. The number of aromatic nitrogens is 1. The number of carbonyl (C=O) groups is 1. The molecule has 0 aliphatic rings. The molecule has 0 fully saturated rings. The van der Waals surface area contributed by atoms with Crippen molar-refractivity contribution in [1.29, 1.82) is 0 Å². The minimum absolute atomic E-state index is 0.0832. The molecule has 1 aromatic heterocycles. The highest BCUT2D eigenvalue weighted by molar-refractivity contribution is 5.99. The molecule has 0 saturated heterocycles. The van der Waals surface area contributed by atoms with Crippen molar-refractivity contribution in [1.82, 2.24) is 10.3 Å². The molecule has 1 atom stereocenters. The monoisotopic (exact) mass is 241 g/mol. The van der Waals surface area contributed by atoms with Gasteiger partial charge in [0.05, 0.1) is 11.6 Å². The third kappa shape index (κ3) is 2.66. The molecule has 0 spiro atoms. The van der Waals surface area contributed by atoms with Crippen LogP contribution in [-0.2, 0) is 0 Å². The van der Waals surface area contributed by atoms with Crippen LogP contribution in [0.4, 0.5) is 5.69 Å². The second-order valence-corrected chi connectivity index (χ2v) is 4.06. The van der Waals surface area contributed by atoms with Gasteiger partial charge in [-0.2, -0.15) is 0 Å². The Labute approximate surface area is 106 Å². The number of anilines is 1. The lowest BCUT2D eigenvalue weighted by molar-refractivity contribution is 0.0941. The fraction of sp³-hybridized carbons (Fsp3) is 0.143. The Kier molecular flexibility index (Phi) is 3.57. The summed E-state index contributed by atoms with van der Waals surface area (Å²) in [7, 11) is 0. The van der Waals surface area contributed by atoms with Gasteiger partial charge in [0.15, 0.2) is 0 Å². The standard InChI is InChI=1S/C14H15N3O/c1-10(11-6-8-16-9-7-11)17-14(18)12-4-2-3-5-13(12)15/h2-10H,15H2,1H3,(H,17,18). The number of carbonyl (C=O) groups excluding carboxylic acids is 1. The maximum atomic E-state index is 12.0. The molecule has 1 aromatic carbocycles. The fourth-order valence-electron chi connectivity index (χ4n) is 1.71. The summed E-state index contributed by atoms with van der Waals surface area (Å²) in [6, 6.07) is 10.7. The predicted octanol–water partition coefficient (Wildman–Crippen LogP) is 2.15. The quantitative estimate of drug-likeness (QED) is 0.809. The van der Waals surface area contributed by atoms with Crippen molar-refractivity contribution in [3.63, 3.8) is 0 Å². The molecule has 1 unspecified atom stereocenters. The summed E-state index contributed by atoms with van der Waals surface area (Å²) in [5, 5.41) is 2.91. The number of benzene rings is 1. The zero-order valence-electron chi connectivity index (χ0n) is 10.1. The van der Waals surface area contributed by atoms with Crippen LogP contribution < -0.4 is 11.1 Å². The maximum absolute atomic E-state index is 12.0. The minimum atomic E-state index is -0.169.